The van der Waals surface area contributed by atoms with Crippen LogP contribution in [0.2, 0.25) is 0 Å². The van der Waals surface area contributed by atoms with Crippen LogP contribution in [0, 0.1) is 56.7 Å². The molecule has 0 bridgehead atoms. The number of aldehydes is 2. The number of nitrogens with two attached hydrogens (primary N) is 2. The number of aliphatic carboxylic acids is 1. The van der Waals surface area contributed by atoms with Crippen molar-refractivity contribution in [1.82, 2.24) is 31.4 Å². The van der Waals surface area contributed by atoms with E-state index < -0.39 is 11.9 Å². The van der Waals surface area contributed by atoms with E-state index in [-0.39, 0.29) is 35.2 Å². The fourth-order valence-electron chi connectivity index (χ4n) is 15.8. The van der Waals surface area contributed by atoms with Gasteiger partial charge in [0.15, 0.2) is 5.82 Å². The summed E-state index contributed by atoms with van der Waals surface area (Å²) in [5, 5.41) is 44.0. The van der Waals surface area contributed by atoms with Crippen molar-refractivity contribution < 1.29 is 67.8 Å². The summed E-state index contributed by atoms with van der Waals surface area (Å²) in [6, 6.07) is 34.9. The Bertz CT molecular complexity index is 4490. The van der Waals surface area contributed by atoms with Crippen molar-refractivity contribution in [2.75, 3.05) is 39.8 Å². The number of amidine groups is 1. The molecule has 11 N–H and O–H groups in total. The molecule has 4 amide bonds. The lowest BCUT2D eigenvalue weighted by molar-refractivity contribution is -0.131. The number of aryl methyl sites for hydroxylation is 1. The van der Waals surface area contributed by atoms with Crippen LogP contribution in [0.5, 0.6) is 0 Å². The topological polar surface area (TPSA) is 375 Å². The van der Waals surface area contributed by atoms with Gasteiger partial charge in [0.2, 0.25) is 23.6 Å². The average molecular weight is 1700 g/mol. The molecule has 5 aliphatic rings. The lowest BCUT2D eigenvalue weighted by atomic mass is 9.82. The Hall–Kier alpha value is -11.2. The van der Waals surface area contributed by atoms with E-state index in [2.05, 4.69) is 124 Å². The van der Waals surface area contributed by atoms with Crippen LogP contribution in [0.4, 0.5) is 0 Å². The maximum absolute atomic E-state index is 12.1. The van der Waals surface area contributed by atoms with Crippen LogP contribution < -0.4 is 32.7 Å². The summed E-state index contributed by atoms with van der Waals surface area (Å²) < 4.78 is 9.99. The Morgan fingerprint density at radius 1 is 0.460 bits per heavy atom. The lowest BCUT2D eigenvalue weighted by Crippen LogP contribution is -2.32. The van der Waals surface area contributed by atoms with Gasteiger partial charge >= 0.3 is 17.9 Å². The van der Waals surface area contributed by atoms with Crippen molar-refractivity contribution in [2.24, 2.45) is 73.3 Å². The number of methoxy groups -OCH3 is 1. The third kappa shape index (κ3) is 37.9. The van der Waals surface area contributed by atoms with Gasteiger partial charge in [-0.3, -0.25) is 28.8 Å². The normalized spacial score (nSPS) is 19.1. The SMILES string of the molecule is CC1(C)CCCC1CN.CC1(C)CCCC1CNC(=O)/C=C/c1ccc(C(=O)O)cc1.CC1(C)CCCC1CNC(=O)/C=C/c1ccc(C=O)cc1.CCCC/C(N)=N/O.CCCCc1noc(-c2ccc(/C=C/C(=O)NCC3CCCC3(C)C)cc2)n1.COC(=O)c1ccc(/C=C/C(=O)NCC2CCCC2(C)C)cc1.O=Cc1ccc(/C=C/C(=O)O)cc1. The number of carbonyl (C=O) groups excluding carboxylic acids is 7. The Morgan fingerprint density at radius 3 is 1.04 bits per heavy atom. The molecule has 0 radical (unpaired) electrons. The summed E-state index contributed by atoms with van der Waals surface area (Å²) in [6.45, 7) is 30.9. The summed E-state index contributed by atoms with van der Waals surface area (Å²) in [5.74, 6) is 2.06. The van der Waals surface area contributed by atoms with E-state index in [0.29, 0.717) is 92.1 Å². The summed E-state index contributed by atoms with van der Waals surface area (Å²) in [6.07, 6.45) is 41.9. The number of carbonyl (C=O) groups is 9. The fourth-order valence-corrected chi connectivity index (χ4v) is 15.8. The number of benzene rings is 5. The minimum atomic E-state index is -0.987. The number of amides is 4. The number of oxime groups is 1. The van der Waals surface area contributed by atoms with E-state index in [1.807, 2.05) is 42.5 Å². The van der Waals surface area contributed by atoms with Crippen LogP contribution in [0.1, 0.15) is 287 Å². The van der Waals surface area contributed by atoms with Crippen molar-refractivity contribution >= 4 is 90.3 Å². The summed E-state index contributed by atoms with van der Waals surface area (Å²) in [4.78, 5) is 105. The van der Waals surface area contributed by atoms with E-state index in [1.165, 1.54) is 134 Å². The molecule has 5 saturated carbocycles. The first-order valence-corrected chi connectivity index (χ1v) is 44.0. The largest absolute Gasteiger partial charge is 0.478 e. The van der Waals surface area contributed by atoms with Crippen LogP contribution in [0.3, 0.4) is 0 Å². The molecule has 124 heavy (non-hydrogen) atoms. The van der Waals surface area contributed by atoms with Gasteiger partial charge in [-0.15, -0.1) is 0 Å². The molecule has 5 atom stereocenters. The molecule has 1 heterocycles. The zero-order chi connectivity index (χ0) is 91.3. The zero-order valence-corrected chi connectivity index (χ0v) is 75.6. The zero-order valence-electron chi connectivity index (χ0n) is 75.6. The number of aromatic carboxylic acids is 1. The Labute approximate surface area is 735 Å². The second kappa shape index (κ2) is 53.1. The van der Waals surface area contributed by atoms with Crippen molar-refractivity contribution in [3.05, 3.63) is 208 Å². The third-order valence-corrected chi connectivity index (χ3v) is 24.8. The highest BCUT2D eigenvalue weighted by Crippen LogP contribution is 2.45. The molecule has 23 heteroatoms. The van der Waals surface area contributed by atoms with Gasteiger partial charge in [0.25, 0.3) is 5.89 Å². The number of ether oxygens (including phenoxy) is 1. The number of esters is 1. The quantitative estimate of drug-likeness (QED) is 0.00385. The molecule has 11 rings (SSSR count). The summed E-state index contributed by atoms with van der Waals surface area (Å²) in [7, 11) is 1.35. The molecule has 0 saturated heterocycles. The molecule has 5 aliphatic carbocycles. The maximum atomic E-state index is 12.1. The highest BCUT2D eigenvalue weighted by atomic mass is 16.5. The van der Waals surface area contributed by atoms with Crippen LogP contribution in [0.15, 0.2) is 161 Å². The van der Waals surface area contributed by atoms with Gasteiger partial charge in [-0.05, 0) is 235 Å². The minimum Gasteiger partial charge on any atom is -0.478 e. The number of carboxylic acid groups (broad SMARTS) is 2. The molecule has 23 nitrogen and oxygen atoms in total. The number of nitrogens with one attached hydrogen (secondary N) is 4. The number of hydrogen-bond acceptors (Lipinski definition) is 16. The van der Waals surface area contributed by atoms with Crippen molar-refractivity contribution in [3.8, 4) is 11.5 Å². The predicted molar refractivity (Wildman–Crippen MR) is 496 cm³/mol. The van der Waals surface area contributed by atoms with Gasteiger partial charge in [-0.25, -0.2) is 14.4 Å². The molecular formula is C101H139N9O14. The summed E-state index contributed by atoms with van der Waals surface area (Å²) in [5.41, 5.74) is 19.8. The van der Waals surface area contributed by atoms with E-state index >= 15 is 0 Å². The van der Waals surface area contributed by atoms with Crippen LogP contribution in [-0.4, -0.2) is 125 Å². The second-order valence-corrected chi connectivity index (χ2v) is 36.2. The van der Waals surface area contributed by atoms with Gasteiger partial charge in [0.05, 0.1) is 18.2 Å². The molecule has 1 aromatic heterocycles. The molecular weight excluding hydrogens is 1560 g/mol. The third-order valence-electron chi connectivity index (χ3n) is 24.8. The summed E-state index contributed by atoms with van der Waals surface area (Å²) >= 11 is 0. The number of aromatic nitrogens is 2. The lowest BCUT2D eigenvalue weighted by Gasteiger charge is -2.26. The number of hydrogen-bond donors (Lipinski definition) is 9. The van der Waals surface area contributed by atoms with E-state index in [4.69, 9.17) is 31.4 Å². The maximum Gasteiger partial charge on any atom is 0.337 e. The van der Waals surface area contributed by atoms with Crippen molar-refractivity contribution in [3.63, 3.8) is 0 Å². The van der Waals surface area contributed by atoms with Gasteiger partial charge in [0, 0.05) is 86.1 Å². The first kappa shape index (κ1) is 103. The van der Waals surface area contributed by atoms with Crippen molar-refractivity contribution in [2.45, 2.75) is 218 Å². The molecule has 0 aliphatic heterocycles. The molecule has 5 aromatic carbocycles. The standard InChI is InChI=1S/C23H31N3O2.C19H25NO3.C18H23NO3.C18H23NO2.C10H8O3.C8H17N.C5H12N2O/c1-4-5-8-20-25-22(28-26-20)18-12-9-17(10-13-18)11-14-21(27)24-16-19-7-6-15-23(19,2)3;1-19(2)12-4-5-16(19)13-20-17(21)11-8-14-6-9-15(10-7-14)18(22)23-3;1-18(2)11-3-4-15(18)12-19-16(20)10-7-13-5-8-14(9-6-13)17(21)22;1-18(2)11-3-4-16(18)12-19-17(21)10-9-14-5-7-15(13-20)8-6-14;11-7-9-3-1-8(2-4-9)5-6-10(12)13;1-8(2)5-3-4-7(8)6-9;1-2-3-4-5(6)7-8/h9-14,19H,4-8,15-16H2,1-3H3,(H,24,27);6-11,16H,4-5,12-13H2,1-3H3,(H,20,21);5-10,15H,3-4,11-12H2,1-2H3,(H,19,20)(H,21,22);5-10,13,16H,3-4,11-12H2,1-2H3,(H,19,21);1-7H,(H,12,13);7H,3-6,9H2,1-2H3;8H,2-4H2,1H3,(H2,6,7)/b14-11+;11-8+;10-7+;10-9+;6-5+;;. The highest BCUT2D eigenvalue weighted by molar-refractivity contribution is 5.95. The van der Waals surface area contributed by atoms with Gasteiger partial charge in [0.1, 0.15) is 18.4 Å². The van der Waals surface area contributed by atoms with Crippen LogP contribution >= 0.6 is 0 Å². The van der Waals surface area contributed by atoms with E-state index in [0.717, 1.165) is 122 Å². The second-order valence-electron chi connectivity index (χ2n) is 36.2. The minimum absolute atomic E-state index is 0.0377. The molecule has 5 fully saturated rings. The molecule has 672 valence electrons. The molecule has 6 aromatic rings. The smallest absolute Gasteiger partial charge is 0.337 e. The first-order chi connectivity index (χ1) is 59.0. The average Bonchev–Trinajstić information content (AvgIpc) is 1.70. The molecule has 0 spiro atoms. The van der Waals surface area contributed by atoms with Gasteiger partial charge in [-0.1, -0.05) is 223 Å². The molecule has 5 unspecified atom stereocenters. The van der Waals surface area contributed by atoms with Crippen molar-refractivity contribution in [1.29, 1.82) is 0 Å². The first-order valence-electron chi connectivity index (χ1n) is 44.0. The number of rotatable bonds is 30. The fraction of sp³-hybridized carbons (Fsp3) is 0.485. The Kier molecular flexibility index (Phi) is 44.2. The Balaban J connectivity index is 0.000000266. The van der Waals surface area contributed by atoms with E-state index in [9.17, 15) is 43.2 Å². The van der Waals surface area contributed by atoms with Gasteiger partial charge < -0.3 is 57.4 Å². The van der Waals surface area contributed by atoms with Crippen LogP contribution in [-0.2, 0) is 35.1 Å². The Morgan fingerprint density at radius 2 is 0.766 bits per heavy atom. The number of carboxylic acids is 2. The van der Waals surface area contributed by atoms with Gasteiger partial charge in [-0.2, -0.15) is 4.98 Å². The monoisotopic (exact) mass is 1700 g/mol. The highest BCUT2D eigenvalue weighted by Gasteiger charge is 2.38. The number of nitrogens with zero attached hydrogens (tertiary/aromatic N) is 3. The van der Waals surface area contributed by atoms with E-state index in [1.54, 1.807) is 103 Å². The predicted octanol–water partition coefficient (Wildman–Crippen LogP) is 19.6. The number of unbranched alkanes of at least 4 members (excludes halogenated alkanes) is 2. The van der Waals surface area contributed by atoms with Crippen LogP contribution in [0.25, 0.3) is 41.8 Å².